The molecule has 1 aromatic heterocycles. The number of methoxy groups -OCH3 is 1. The van der Waals surface area contributed by atoms with Gasteiger partial charge in [-0.1, -0.05) is 18.2 Å². The summed E-state index contributed by atoms with van der Waals surface area (Å²) in [5.41, 5.74) is 1.79. The number of aromatic nitrogens is 1. The van der Waals surface area contributed by atoms with Gasteiger partial charge in [-0.15, -0.1) is 0 Å². The van der Waals surface area contributed by atoms with Crippen molar-refractivity contribution >= 4 is 29.4 Å². The predicted molar refractivity (Wildman–Crippen MR) is 116 cm³/mol. The van der Waals surface area contributed by atoms with Crippen molar-refractivity contribution in [2.24, 2.45) is 0 Å². The van der Waals surface area contributed by atoms with E-state index >= 15 is 0 Å². The quantitative estimate of drug-likeness (QED) is 0.477. The van der Waals surface area contributed by atoms with Gasteiger partial charge in [-0.25, -0.2) is 9.37 Å². The lowest BCUT2D eigenvalue weighted by atomic mass is 9.93. The molecular formula is C24H18FN3O4. The van der Waals surface area contributed by atoms with Crippen molar-refractivity contribution in [2.75, 3.05) is 12.4 Å². The van der Waals surface area contributed by atoms with Crippen molar-refractivity contribution in [3.05, 3.63) is 94.4 Å². The molecule has 2 heterocycles. The van der Waals surface area contributed by atoms with Crippen molar-refractivity contribution in [2.45, 2.75) is 6.54 Å². The van der Waals surface area contributed by atoms with Crippen molar-refractivity contribution in [3.63, 3.8) is 0 Å². The maximum atomic E-state index is 13.5. The Kier molecular flexibility index (Phi) is 5.76. The van der Waals surface area contributed by atoms with E-state index in [4.69, 9.17) is 4.74 Å². The summed E-state index contributed by atoms with van der Waals surface area (Å²) in [6, 6.07) is 13.5. The molecule has 0 bridgehead atoms. The maximum Gasteiger partial charge on any atom is 0.259 e. The Bertz CT molecular complexity index is 1250. The first-order chi connectivity index (χ1) is 15.4. The summed E-state index contributed by atoms with van der Waals surface area (Å²) in [5.74, 6) is -1.52. The zero-order chi connectivity index (χ0) is 22.7. The zero-order valence-corrected chi connectivity index (χ0v) is 17.0. The zero-order valence-electron chi connectivity index (χ0n) is 17.0. The summed E-state index contributed by atoms with van der Waals surface area (Å²) in [7, 11) is 1.52. The standard InChI is InChI=1S/C24H18FN3O4/c1-32-21-8-5-15(12-26-21)13-27-23(30)16-6-7-20-18(11-16)22(29)19(24(31)28-20)10-14-3-2-4-17(25)9-14/h2-12H,13H2,1H3,(H,27,30)(H,28,31)/b19-10-. The highest BCUT2D eigenvalue weighted by molar-refractivity contribution is 6.36. The van der Waals surface area contributed by atoms with E-state index in [0.717, 1.165) is 5.56 Å². The van der Waals surface area contributed by atoms with Crippen LogP contribution in [0.2, 0.25) is 0 Å². The Morgan fingerprint density at radius 1 is 1.16 bits per heavy atom. The van der Waals surface area contributed by atoms with Crippen LogP contribution < -0.4 is 15.4 Å². The van der Waals surface area contributed by atoms with Gasteiger partial charge in [0.25, 0.3) is 11.8 Å². The molecule has 2 N–H and O–H groups in total. The number of carbonyl (C=O) groups excluding carboxylic acids is 3. The highest BCUT2D eigenvalue weighted by Gasteiger charge is 2.29. The molecule has 0 spiro atoms. The number of fused-ring (bicyclic) bond motifs is 1. The van der Waals surface area contributed by atoms with Crippen LogP contribution in [0.3, 0.4) is 0 Å². The number of hydrogen-bond acceptors (Lipinski definition) is 5. The van der Waals surface area contributed by atoms with Crippen LogP contribution in [0.5, 0.6) is 5.88 Å². The van der Waals surface area contributed by atoms with Crippen LogP contribution in [-0.2, 0) is 11.3 Å². The predicted octanol–water partition coefficient (Wildman–Crippen LogP) is 3.38. The number of Topliss-reactive ketones (excluding diaryl/α,β-unsaturated/α-hetero) is 1. The number of pyridine rings is 1. The molecule has 1 aliphatic heterocycles. The Labute approximate surface area is 182 Å². The smallest absolute Gasteiger partial charge is 0.259 e. The van der Waals surface area contributed by atoms with Gasteiger partial charge in [0.05, 0.1) is 18.4 Å². The molecule has 0 unspecified atom stereocenters. The normalized spacial score (nSPS) is 14.0. The van der Waals surface area contributed by atoms with Gasteiger partial charge in [0.1, 0.15) is 5.82 Å². The molecule has 1 aliphatic rings. The Morgan fingerprint density at radius 2 is 2.00 bits per heavy atom. The molecule has 7 nitrogen and oxygen atoms in total. The number of hydrogen-bond donors (Lipinski definition) is 2. The van der Waals surface area contributed by atoms with Crippen LogP contribution in [-0.4, -0.2) is 29.7 Å². The maximum absolute atomic E-state index is 13.5. The van der Waals surface area contributed by atoms with Crippen molar-refractivity contribution in [1.29, 1.82) is 0 Å². The molecule has 0 aliphatic carbocycles. The molecule has 8 heteroatoms. The lowest BCUT2D eigenvalue weighted by molar-refractivity contribution is -0.112. The number of nitrogens with zero attached hydrogens (tertiary/aromatic N) is 1. The molecule has 0 saturated carbocycles. The summed E-state index contributed by atoms with van der Waals surface area (Å²) in [6.07, 6.45) is 2.92. The van der Waals surface area contributed by atoms with Gasteiger partial charge in [-0.3, -0.25) is 14.4 Å². The highest BCUT2D eigenvalue weighted by Crippen LogP contribution is 2.27. The Morgan fingerprint density at radius 3 is 2.72 bits per heavy atom. The fourth-order valence-electron chi connectivity index (χ4n) is 3.23. The summed E-state index contributed by atoms with van der Waals surface area (Å²) < 4.78 is 18.5. The number of ketones is 1. The average molecular weight is 431 g/mol. The van der Waals surface area contributed by atoms with Gasteiger partial charge in [0.15, 0.2) is 0 Å². The van der Waals surface area contributed by atoms with Crippen molar-refractivity contribution in [1.82, 2.24) is 10.3 Å². The Hall–Kier alpha value is -4.33. The molecular weight excluding hydrogens is 413 g/mol. The second-order valence-corrected chi connectivity index (χ2v) is 7.05. The molecule has 0 fully saturated rings. The molecule has 3 aromatic rings. The molecule has 160 valence electrons. The first kappa shape index (κ1) is 20.9. The summed E-state index contributed by atoms with van der Waals surface area (Å²) >= 11 is 0. The number of benzene rings is 2. The van der Waals surface area contributed by atoms with Crippen LogP contribution in [0.15, 0.2) is 66.4 Å². The average Bonchev–Trinajstić information content (AvgIpc) is 2.80. The van der Waals surface area contributed by atoms with Crippen LogP contribution in [0.1, 0.15) is 31.8 Å². The van der Waals surface area contributed by atoms with Crippen molar-refractivity contribution < 1.29 is 23.5 Å². The lowest BCUT2D eigenvalue weighted by Gasteiger charge is -2.19. The van der Waals surface area contributed by atoms with Crippen molar-refractivity contribution in [3.8, 4) is 5.88 Å². The van der Waals surface area contributed by atoms with E-state index in [1.807, 2.05) is 0 Å². The number of amides is 2. The van der Waals surface area contributed by atoms with E-state index in [2.05, 4.69) is 15.6 Å². The molecule has 0 saturated heterocycles. The molecule has 0 atom stereocenters. The van der Waals surface area contributed by atoms with Crippen LogP contribution in [0.4, 0.5) is 10.1 Å². The van der Waals surface area contributed by atoms with E-state index in [-0.39, 0.29) is 29.2 Å². The molecule has 0 radical (unpaired) electrons. The van der Waals surface area contributed by atoms with Gasteiger partial charge in [-0.2, -0.15) is 0 Å². The summed E-state index contributed by atoms with van der Waals surface area (Å²) in [5, 5.41) is 5.40. The Balaban J connectivity index is 1.54. The van der Waals surface area contributed by atoms with Gasteiger partial charge in [0.2, 0.25) is 11.7 Å². The third kappa shape index (κ3) is 4.39. The lowest BCUT2D eigenvalue weighted by Crippen LogP contribution is -2.28. The monoisotopic (exact) mass is 431 g/mol. The SMILES string of the molecule is COc1ccc(CNC(=O)c2ccc3c(c2)C(=O)/C(=C/c2cccc(F)c2)C(=O)N3)cn1. The summed E-state index contributed by atoms with van der Waals surface area (Å²) in [6.45, 7) is 0.238. The van der Waals surface area contributed by atoms with Gasteiger partial charge < -0.3 is 15.4 Å². The van der Waals surface area contributed by atoms with Crippen LogP contribution in [0, 0.1) is 5.82 Å². The third-order valence-electron chi connectivity index (χ3n) is 4.88. The van der Waals surface area contributed by atoms with E-state index in [1.54, 1.807) is 24.4 Å². The molecule has 2 amide bonds. The summed E-state index contributed by atoms with van der Waals surface area (Å²) in [4.78, 5) is 42.0. The molecule has 2 aromatic carbocycles. The van der Waals surface area contributed by atoms with Gasteiger partial charge in [-0.05, 0) is 47.5 Å². The second-order valence-electron chi connectivity index (χ2n) is 7.05. The number of halogens is 1. The van der Waals surface area contributed by atoms with E-state index in [0.29, 0.717) is 17.1 Å². The largest absolute Gasteiger partial charge is 0.481 e. The minimum atomic E-state index is -0.587. The van der Waals surface area contributed by atoms with Crippen LogP contribution >= 0.6 is 0 Å². The fourth-order valence-corrected chi connectivity index (χ4v) is 3.23. The molecule has 4 rings (SSSR count). The van der Waals surface area contributed by atoms with E-state index in [9.17, 15) is 18.8 Å². The fraction of sp³-hybridized carbons (Fsp3) is 0.0833. The topological polar surface area (TPSA) is 97.4 Å². The van der Waals surface area contributed by atoms with Crippen LogP contribution in [0.25, 0.3) is 6.08 Å². The third-order valence-corrected chi connectivity index (χ3v) is 4.88. The number of ether oxygens (including phenoxy) is 1. The number of rotatable bonds is 5. The first-order valence-corrected chi connectivity index (χ1v) is 9.69. The first-order valence-electron chi connectivity index (χ1n) is 9.69. The minimum Gasteiger partial charge on any atom is -0.481 e. The number of carbonyl (C=O) groups is 3. The van der Waals surface area contributed by atoms with Gasteiger partial charge >= 0.3 is 0 Å². The highest BCUT2D eigenvalue weighted by atomic mass is 19.1. The second kappa shape index (κ2) is 8.81. The number of nitrogens with one attached hydrogen (secondary N) is 2. The van der Waals surface area contributed by atoms with E-state index in [1.165, 1.54) is 49.6 Å². The molecule has 32 heavy (non-hydrogen) atoms. The van der Waals surface area contributed by atoms with Gasteiger partial charge in [0, 0.05) is 29.9 Å². The minimum absolute atomic E-state index is 0.134. The van der Waals surface area contributed by atoms with E-state index < -0.39 is 17.5 Å². The number of anilines is 1.